The van der Waals surface area contributed by atoms with Crippen LogP contribution in [0.3, 0.4) is 0 Å². The van der Waals surface area contributed by atoms with Crippen molar-refractivity contribution >= 4 is 15.8 Å². The summed E-state index contributed by atoms with van der Waals surface area (Å²) in [5.74, 6) is -0.668. The van der Waals surface area contributed by atoms with Gasteiger partial charge in [0.2, 0.25) is 5.44 Å². The van der Waals surface area contributed by atoms with Gasteiger partial charge in [0.05, 0.1) is 24.7 Å². The molecule has 0 aliphatic carbocycles. The summed E-state index contributed by atoms with van der Waals surface area (Å²) in [5.41, 5.74) is -0.0800. The van der Waals surface area contributed by atoms with Crippen LogP contribution >= 0.6 is 0 Å². The Bertz CT molecular complexity index is 589. The van der Waals surface area contributed by atoms with Crippen molar-refractivity contribution in [2.75, 3.05) is 7.11 Å². The first-order valence-electron chi connectivity index (χ1n) is 5.71. The average Bonchev–Trinajstić information content (AvgIpc) is 2.89. The molecule has 6 heteroatoms. The van der Waals surface area contributed by atoms with Crippen LogP contribution < -0.4 is 0 Å². The standard InChI is InChI=1S/C13H14O5S/c1-17-13(14)11-7-12(18-8-11)19(15,16)9-10-5-3-2-4-6-10/h2-6,8,12H,7,9H2,1H3. The smallest absolute Gasteiger partial charge is 0.337 e. The van der Waals surface area contributed by atoms with E-state index in [4.69, 9.17) is 4.74 Å². The Morgan fingerprint density at radius 2 is 2.05 bits per heavy atom. The third-order valence-corrected chi connectivity index (χ3v) is 4.62. The molecule has 0 N–H and O–H groups in total. The minimum Gasteiger partial charge on any atom is -0.481 e. The minimum absolute atomic E-state index is 0.0296. The lowest BCUT2D eigenvalue weighted by atomic mass is 10.2. The zero-order valence-corrected chi connectivity index (χ0v) is 11.2. The molecule has 0 aromatic heterocycles. The van der Waals surface area contributed by atoms with Crippen molar-refractivity contribution in [1.82, 2.24) is 0 Å². The quantitative estimate of drug-likeness (QED) is 0.781. The van der Waals surface area contributed by atoms with E-state index in [0.717, 1.165) is 0 Å². The van der Waals surface area contributed by atoms with E-state index in [1.54, 1.807) is 24.3 Å². The first kappa shape index (κ1) is 13.6. The highest BCUT2D eigenvalue weighted by atomic mass is 32.2. The number of sulfone groups is 1. The van der Waals surface area contributed by atoms with Gasteiger partial charge in [-0.05, 0) is 5.56 Å². The van der Waals surface area contributed by atoms with Crippen LogP contribution in [0.5, 0.6) is 0 Å². The third kappa shape index (κ3) is 3.14. The Hall–Kier alpha value is -1.82. The number of esters is 1. The normalized spacial score (nSPS) is 18.6. The van der Waals surface area contributed by atoms with E-state index < -0.39 is 21.2 Å². The van der Waals surface area contributed by atoms with Crippen LogP contribution in [0.1, 0.15) is 12.0 Å². The Labute approximate surface area is 111 Å². The predicted molar refractivity (Wildman–Crippen MR) is 68.7 cm³/mol. The molecule has 1 aliphatic rings. The van der Waals surface area contributed by atoms with Crippen molar-refractivity contribution in [2.45, 2.75) is 17.6 Å². The van der Waals surface area contributed by atoms with Gasteiger partial charge in [-0.3, -0.25) is 0 Å². The summed E-state index contributed by atoms with van der Waals surface area (Å²) in [7, 11) is -2.22. The summed E-state index contributed by atoms with van der Waals surface area (Å²) in [5, 5.41) is 0. The van der Waals surface area contributed by atoms with Gasteiger partial charge in [-0.2, -0.15) is 0 Å². The van der Waals surface area contributed by atoms with Crippen LogP contribution in [0.4, 0.5) is 0 Å². The predicted octanol–water partition coefficient (Wildman–Crippen LogP) is 1.40. The van der Waals surface area contributed by atoms with Crippen LogP contribution in [0, 0.1) is 0 Å². The Morgan fingerprint density at radius 3 is 2.68 bits per heavy atom. The minimum atomic E-state index is -3.47. The highest BCUT2D eigenvalue weighted by molar-refractivity contribution is 7.91. The second kappa shape index (κ2) is 5.44. The van der Waals surface area contributed by atoms with Crippen LogP contribution in [-0.2, 0) is 29.9 Å². The molecule has 0 bridgehead atoms. The van der Waals surface area contributed by atoms with Crippen molar-refractivity contribution < 1.29 is 22.7 Å². The van der Waals surface area contributed by atoms with Crippen molar-refractivity contribution in [2.24, 2.45) is 0 Å². The molecule has 2 rings (SSSR count). The Balaban J connectivity index is 2.05. The first-order valence-corrected chi connectivity index (χ1v) is 7.43. The number of methoxy groups -OCH3 is 1. The summed E-state index contributed by atoms with van der Waals surface area (Å²) in [4.78, 5) is 11.3. The SMILES string of the molecule is COC(=O)C1=COC(S(=O)(=O)Cc2ccccc2)C1. The molecule has 1 atom stereocenters. The van der Waals surface area contributed by atoms with Gasteiger partial charge >= 0.3 is 5.97 Å². The average molecular weight is 282 g/mol. The zero-order valence-electron chi connectivity index (χ0n) is 10.4. The molecule has 19 heavy (non-hydrogen) atoms. The van der Waals surface area contributed by atoms with Crippen molar-refractivity contribution in [3.05, 3.63) is 47.7 Å². The maximum absolute atomic E-state index is 12.1. The number of ether oxygens (including phenoxy) is 2. The van der Waals surface area contributed by atoms with Crippen LogP contribution in [0.15, 0.2) is 42.2 Å². The van der Waals surface area contributed by atoms with Gasteiger partial charge in [-0.25, -0.2) is 13.2 Å². The summed E-state index contributed by atoms with van der Waals surface area (Å²) >= 11 is 0. The van der Waals surface area contributed by atoms with E-state index in [-0.39, 0.29) is 17.7 Å². The van der Waals surface area contributed by atoms with E-state index in [1.165, 1.54) is 13.4 Å². The van der Waals surface area contributed by atoms with Crippen LogP contribution in [0.2, 0.25) is 0 Å². The number of hydrogen-bond donors (Lipinski definition) is 0. The molecular formula is C13H14O5S. The van der Waals surface area contributed by atoms with Crippen LogP contribution in [-0.4, -0.2) is 26.9 Å². The summed E-state index contributed by atoms with van der Waals surface area (Å²) in [6.45, 7) is 0. The largest absolute Gasteiger partial charge is 0.481 e. The molecule has 0 radical (unpaired) electrons. The van der Waals surface area contributed by atoms with E-state index in [0.29, 0.717) is 5.56 Å². The van der Waals surface area contributed by atoms with Gasteiger partial charge in [-0.15, -0.1) is 0 Å². The van der Waals surface area contributed by atoms with Gasteiger partial charge in [0.25, 0.3) is 0 Å². The molecule has 0 spiro atoms. The number of benzene rings is 1. The van der Waals surface area contributed by atoms with Gasteiger partial charge in [0.15, 0.2) is 9.84 Å². The second-order valence-corrected chi connectivity index (χ2v) is 6.34. The van der Waals surface area contributed by atoms with E-state index in [2.05, 4.69) is 4.74 Å². The summed E-state index contributed by atoms with van der Waals surface area (Å²) in [6, 6.07) is 8.85. The van der Waals surface area contributed by atoms with Crippen molar-refractivity contribution in [3.63, 3.8) is 0 Å². The number of carbonyl (C=O) groups excluding carboxylic acids is 1. The number of rotatable bonds is 4. The maximum atomic E-state index is 12.1. The molecule has 1 aromatic rings. The topological polar surface area (TPSA) is 69.7 Å². The number of hydrogen-bond acceptors (Lipinski definition) is 5. The molecule has 1 aromatic carbocycles. The molecule has 0 fully saturated rings. The van der Waals surface area contributed by atoms with Crippen LogP contribution in [0.25, 0.3) is 0 Å². The molecule has 5 nitrogen and oxygen atoms in total. The van der Waals surface area contributed by atoms with Crippen molar-refractivity contribution in [1.29, 1.82) is 0 Å². The fraction of sp³-hybridized carbons (Fsp3) is 0.308. The van der Waals surface area contributed by atoms with E-state index in [9.17, 15) is 13.2 Å². The van der Waals surface area contributed by atoms with Crippen molar-refractivity contribution in [3.8, 4) is 0 Å². The molecule has 1 aliphatic heterocycles. The third-order valence-electron chi connectivity index (χ3n) is 2.81. The fourth-order valence-electron chi connectivity index (χ4n) is 1.81. The highest BCUT2D eigenvalue weighted by Crippen LogP contribution is 2.25. The summed E-state index contributed by atoms with van der Waals surface area (Å²) < 4.78 is 33.9. The molecule has 102 valence electrons. The lowest BCUT2D eigenvalue weighted by Gasteiger charge is -2.11. The first-order chi connectivity index (χ1) is 9.03. The lowest BCUT2D eigenvalue weighted by molar-refractivity contribution is -0.136. The molecule has 0 amide bonds. The monoisotopic (exact) mass is 282 g/mol. The van der Waals surface area contributed by atoms with Gasteiger partial charge in [-0.1, -0.05) is 30.3 Å². The molecule has 0 saturated heterocycles. The summed E-state index contributed by atoms with van der Waals surface area (Å²) in [6.07, 6.45) is 1.20. The maximum Gasteiger partial charge on any atom is 0.337 e. The molecular weight excluding hydrogens is 268 g/mol. The van der Waals surface area contributed by atoms with Gasteiger partial charge in [0, 0.05) is 6.42 Å². The molecule has 1 heterocycles. The Morgan fingerprint density at radius 1 is 1.37 bits per heavy atom. The van der Waals surface area contributed by atoms with Gasteiger partial charge in [0.1, 0.15) is 0 Å². The fourth-order valence-corrected chi connectivity index (χ4v) is 3.31. The molecule has 1 unspecified atom stereocenters. The highest BCUT2D eigenvalue weighted by Gasteiger charge is 2.34. The van der Waals surface area contributed by atoms with E-state index in [1.807, 2.05) is 6.07 Å². The molecule has 0 saturated carbocycles. The Kier molecular flexibility index (Phi) is 3.90. The van der Waals surface area contributed by atoms with E-state index >= 15 is 0 Å². The zero-order chi connectivity index (χ0) is 13.9. The second-order valence-electron chi connectivity index (χ2n) is 4.20. The van der Waals surface area contributed by atoms with Gasteiger partial charge < -0.3 is 9.47 Å². The lowest BCUT2D eigenvalue weighted by Crippen LogP contribution is -2.22. The number of carbonyl (C=O) groups is 1.